The molecule has 1 aliphatic rings. The summed E-state index contributed by atoms with van der Waals surface area (Å²) < 4.78 is 27.3. The van der Waals surface area contributed by atoms with Crippen LogP contribution in [0.4, 0.5) is 0 Å². The molecule has 0 aliphatic heterocycles. The Labute approximate surface area is 161 Å². The topological polar surface area (TPSA) is 75.3 Å². The lowest BCUT2D eigenvalue weighted by Gasteiger charge is -2.25. The van der Waals surface area contributed by atoms with Gasteiger partial charge in [-0.15, -0.1) is 0 Å². The van der Waals surface area contributed by atoms with E-state index in [9.17, 15) is 13.2 Å². The van der Waals surface area contributed by atoms with Crippen LogP contribution in [-0.2, 0) is 14.8 Å². The van der Waals surface area contributed by atoms with Crippen LogP contribution in [0, 0.1) is 0 Å². The van der Waals surface area contributed by atoms with Crippen LogP contribution in [0.5, 0.6) is 0 Å². The van der Waals surface area contributed by atoms with Gasteiger partial charge in [-0.1, -0.05) is 49.6 Å². The first kappa shape index (κ1) is 21.0. The van der Waals surface area contributed by atoms with E-state index in [1.165, 1.54) is 12.5 Å². The van der Waals surface area contributed by atoms with E-state index < -0.39 is 16.1 Å². The first-order chi connectivity index (χ1) is 12.5. The van der Waals surface area contributed by atoms with Gasteiger partial charge in [0.2, 0.25) is 15.9 Å². The molecule has 0 radical (unpaired) electrons. The van der Waals surface area contributed by atoms with Gasteiger partial charge in [0.1, 0.15) is 6.04 Å². The van der Waals surface area contributed by atoms with Gasteiger partial charge in [0.05, 0.1) is 0 Å². The van der Waals surface area contributed by atoms with E-state index >= 15 is 0 Å². The number of carbonyl (C=O) groups excluding carboxylic acids is 1. The molecule has 1 fully saturated rings. The third kappa shape index (κ3) is 7.51. The standard InChI is InChI=1S/C19H28N2O3S2/c1-25-14-12-18(19(22)20-17-10-6-3-7-11-17)21-26(23,24)15-13-16-8-4-2-5-9-16/h2,4-5,8-9,13,15,17-18,21H,3,6-7,10-12,14H2,1H3,(H,20,22). The number of thioether (sulfide) groups is 1. The first-order valence-corrected chi connectivity index (χ1v) is 12.0. The van der Waals surface area contributed by atoms with Crippen molar-refractivity contribution in [2.24, 2.45) is 0 Å². The largest absolute Gasteiger partial charge is 0.352 e. The van der Waals surface area contributed by atoms with E-state index in [1.807, 2.05) is 36.6 Å². The fourth-order valence-electron chi connectivity index (χ4n) is 3.00. The molecule has 1 aromatic rings. The van der Waals surface area contributed by atoms with Crippen molar-refractivity contribution in [3.05, 3.63) is 41.3 Å². The summed E-state index contributed by atoms with van der Waals surface area (Å²) in [4.78, 5) is 12.6. The highest BCUT2D eigenvalue weighted by Gasteiger charge is 2.25. The number of sulfonamides is 1. The normalized spacial score (nSPS) is 17.3. The summed E-state index contributed by atoms with van der Waals surface area (Å²) in [5.41, 5.74) is 0.796. The van der Waals surface area contributed by atoms with Gasteiger partial charge in [-0.2, -0.15) is 16.5 Å². The van der Waals surface area contributed by atoms with E-state index in [-0.39, 0.29) is 11.9 Å². The predicted molar refractivity (Wildman–Crippen MR) is 109 cm³/mol. The maximum absolute atomic E-state index is 12.6. The van der Waals surface area contributed by atoms with Gasteiger partial charge in [0.25, 0.3) is 0 Å². The Bertz CT molecular complexity index is 684. The summed E-state index contributed by atoms with van der Waals surface area (Å²) in [5, 5.41) is 4.15. The van der Waals surface area contributed by atoms with Crippen molar-refractivity contribution >= 4 is 33.8 Å². The third-order valence-corrected chi connectivity index (χ3v) is 6.18. The highest BCUT2D eigenvalue weighted by Crippen LogP contribution is 2.17. The summed E-state index contributed by atoms with van der Waals surface area (Å²) in [5.74, 6) is 0.496. The zero-order valence-corrected chi connectivity index (χ0v) is 16.8. The molecule has 144 valence electrons. The van der Waals surface area contributed by atoms with Crippen molar-refractivity contribution in [2.45, 2.75) is 50.6 Å². The summed E-state index contributed by atoms with van der Waals surface area (Å²) in [7, 11) is -3.70. The first-order valence-electron chi connectivity index (χ1n) is 9.05. The highest BCUT2D eigenvalue weighted by atomic mass is 32.2. The minimum absolute atomic E-state index is 0.164. The number of benzene rings is 1. The van der Waals surface area contributed by atoms with Gasteiger partial charge in [0.15, 0.2) is 0 Å². The number of nitrogens with one attached hydrogen (secondary N) is 2. The molecule has 0 aromatic heterocycles. The second-order valence-electron chi connectivity index (χ2n) is 6.55. The Balaban J connectivity index is 2.00. The van der Waals surface area contributed by atoms with Crippen LogP contribution in [-0.4, -0.2) is 38.4 Å². The molecule has 1 amide bonds. The van der Waals surface area contributed by atoms with Gasteiger partial charge < -0.3 is 5.32 Å². The molecule has 5 nitrogen and oxygen atoms in total. The molecule has 1 aliphatic carbocycles. The maximum Gasteiger partial charge on any atom is 0.238 e. The van der Waals surface area contributed by atoms with E-state index in [1.54, 1.807) is 11.8 Å². The minimum atomic E-state index is -3.70. The molecule has 0 bridgehead atoms. The average molecular weight is 397 g/mol. The number of carbonyl (C=O) groups is 1. The average Bonchev–Trinajstić information content (AvgIpc) is 2.65. The molecule has 26 heavy (non-hydrogen) atoms. The Kier molecular flexibility index (Phi) is 8.68. The molecule has 2 N–H and O–H groups in total. The molecular weight excluding hydrogens is 368 g/mol. The van der Waals surface area contributed by atoms with Crippen LogP contribution < -0.4 is 10.0 Å². The molecule has 7 heteroatoms. The van der Waals surface area contributed by atoms with Crippen molar-refractivity contribution in [3.63, 3.8) is 0 Å². The van der Waals surface area contributed by atoms with E-state index in [4.69, 9.17) is 0 Å². The molecule has 1 saturated carbocycles. The van der Waals surface area contributed by atoms with Crippen LogP contribution in [0.2, 0.25) is 0 Å². The lowest BCUT2D eigenvalue weighted by atomic mass is 9.95. The molecule has 0 saturated heterocycles. The van der Waals surface area contributed by atoms with Crippen molar-refractivity contribution in [2.75, 3.05) is 12.0 Å². The van der Waals surface area contributed by atoms with Crippen LogP contribution in [0.15, 0.2) is 35.7 Å². The van der Waals surface area contributed by atoms with Gasteiger partial charge in [0, 0.05) is 11.4 Å². The number of amides is 1. The van der Waals surface area contributed by atoms with E-state index in [2.05, 4.69) is 10.0 Å². The molecule has 0 spiro atoms. The van der Waals surface area contributed by atoms with E-state index in [0.717, 1.165) is 36.7 Å². The van der Waals surface area contributed by atoms with Crippen LogP contribution in [0.3, 0.4) is 0 Å². The Hall–Kier alpha value is -1.31. The molecule has 1 unspecified atom stereocenters. The van der Waals surface area contributed by atoms with Crippen molar-refractivity contribution < 1.29 is 13.2 Å². The van der Waals surface area contributed by atoms with Gasteiger partial charge in [-0.3, -0.25) is 4.79 Å². The van der Waals surface area contributed by atoms with Crippen molar-refractivity contribution in [1.82, 2.24) is 10.0 Å². The fraction of sp³-hybridized carbons (Fsp3) is 0.526. The zero-order valence-electron chi connectivity index (χ0n) is 15.2. The maximum atomic E-state index is 12.6. The molecular formula is C19H28N2O3S2. The summed E-state index contributed by atoms with van der Waals surface area (Å²) in [6, 6.07) is 8.64. The SMILES string of the molecule is CSCCC(NS(=O)(=O)C=Cc1ccccc1)C(=O)NC1CCCCC1. The number of rotatable bonds is 9. The molecule has 0 heterocycles. The summed E-state index contributed by atoms with van der Waals surface area (Å²) in [6.07, 6.45) is 9.34. The Morgan fingerprint density at radius 1 is 1.23 bits per heavy atom. The lowest BCUT2D eigenvalue weighted by molar-refractivity contribution is -0.123. The van der Waals surface area contributed by atoms with Gasteiger partial charge >= 0.3 is 0 Å². The summed E-state index contributed by atoms with van der Waals surface area (Å²) >= 11 is 1.60. The zero-order chi connectivity index (χ0) is 18.8. The number of hydrogen-bond acceptors (Lipinski definition) is 4. The second-order valence-corrected chi connectivity index (χ2v) is 9.14. The fourth-order valence-corrected chi connectivity index (χ4v) is 4.51. The second kappa shape index (κ2) is 10.7. The smallest absolute Gasteiger partial charge is 0.238 e. The Morgan fingerprint density at radius 3 is 2.58 bits per heavy atom. The Morgan fingerprint density at radius 2 is 1.92 bits per heavy atom. The highest BCUT2D eigenvalue weighted by molar-refractivity contribution is 7.98. The summed E-state index contributed by atoms with van der Waals surface area (Å²) in [6.45, 7) is 0. The van der Waals surface area contributed by atoms with Gasteiger partial charge in [-0.05, 0) is 42.9 Å². The monoisotopic (exact) mass is 396 g/mol. The van der Waals surface area contributed by atoms with Crippen LogP contribution >= 0.6 is 11.8 Å². The third-order valence-electron chi connectivity index (χ3n) is 4.42. The van der Waals surface area contributed by atoms with E-state index in [0.29, 0.717) is 12.2 Å². The van der Waals surface area contributed by atoms with Crippen LogP contribution in [0.1, 0.15) is 44.1 Å². The molecule has 1 aromatic carbocycles. The van der Waals surface area contributed by atoms with Crippen molar-refractivity contribution in [3.8, 4) is 0 Å². The van der Waals surface area contributed by atoms with Crippen LogP contribution in [0.25, 0.3) is 6.08 Å². The molecule has 2 rings (SSSR count). The lowest BCUT2D eigenvalue weighted by Crippen LogP contribution is -2.49. The predicted octanol–water partition coefficient (Wildman–Crippen LogP) is 3.15. The molecule has 1 atom stereocenters. The van der Waals surface area contributed by atoms with Crippen molar-refractivity contribution in [1.29, 1.82) is 0 Å². The quantitative estimate of drug-likeness (QED) is 0.672. The van der Waals surface area contributed by atoms with Gasteiger partial charge in [-0.25, -0.2) is 8.42 Å². The number of hydrogen-bond donors (Lipinski definition) is 2. The minimum Gasteiger partial charge on any atom is -0.352 e.